The second-order valence-corrected chi connectivity index (χ2v) is 3.70. The van der Waals surface area contributed by atoms with E-state index in [9.17, 15) is 0 Å². The first-order valence-corrected chi connectivity index (χ1v) is 5.49. The zero-order valence-electron chi connectivity index (χ0n) is 9.79. The predicted octanol–water partition coefficient (Wildman–Crippen LogP) is 3.38. The Hall–Kier alpha value is -0.340. The van der Waals surface area contributed by atoms with Gasteiger partial charge in [0.15, 0.2) is 0 Å². The van der Waals surface area contributed by atoms with E-state index in [0.29, 0.717) is 12.7 Å². The third kappa shape index (κ3) is 6.17. The highest BCUT2D eigenvalue weighted by Crippen LogP contribution is 2.16. The Morgan fingerprint density at radius 2 is 2.07 bits per heavy atom. The molecule has 0 aliphatic carbocycles. The van der Waals surface area contributed by atoms with E-state index in [1.165, 1.54) is 19.3 Å². The van der Waals surface area contributed by atoms with Crippen LogP contribution in [-0.4, -0.2) is 20.0 Å². The lowest BCUT2D eigenvalue weighted by molar-refractivity contribution is -0.0859. The van der Waals surface area contributed by atoms with Crippen molar-refractivity contribution in [2.45, 2.75) is 45.6 Å². The normalized spacial score (nSPS) is 15.1. The van der Waals surface area contributed by atoms with Gasteiger partial charge in [-0.05, 0) is 6.42 Å². The SMILES string of the molecule is C=C[C@@H](C)[C@H](CCCCC)OCOC. The summed E-state index contributed by atoms with van der Waals surface area (Å²) in [5, 5.41) is 0. The van der Waals surface area contributed by atoms with Crippen LogP contribution in [0.15, 0.2) is 12.7 Å². The molecule has 2 atom stereocenters. The smallest absolute Gasteiger partial charge is 0.146 e. The van der Waals surface area contributed by atoms with Gasteiger partial charge in [-0.25, -0.2) is 0 Å². The molecule has 0 saturated carbocycles. The third-order valence-electron chi connectivity index (χ3n) is 2.45. The van der Waals surface area contributed by atoms with Gasteiger partial charge >= 0.3 is 0 Å². The summed E-state index contributed by atoms with van der Waals surface area (Å²) in [5.41, 5.74) is 0. The van der Waals surface area contributed by atoms with Gasteiger partial charge in [0, 0.05) is 13.0 Å². The van der Waals surface area contributed by atoms with Gasteiger partial charge in [0.2, 0.25) is 0 Å². The van der Waals surface area contributed by atoms with Crippen LogP contribution in [0.25, 0.3) is 0 Å². The van der Waals surface area contributed by atoms with E-state index in [2.05, 4.69) is 20.4 Å². The molecule has 0 unspecified atom stereocenters. The lowest BCUT2D eigenvalue weighted by Crippen LogP contribution is -2.21. The largest absolute Gasteiger partial charge is 0.359 e. The standard InChI is InChI=1S/C12H24O2/c1-5-7-8-9-12(11(3)6-2)14-10-13-4/h6,11-12H,2,5,7-10H2,1,3-4H3/t11-,12+/m1/s1. The average Bonchev–Trinajstić information content (AvgIpc) is 2.22. The summed E-state index contributed by atoms with van der Waals surface area (Å²) in [6.45, 7) is 8.53. The van der Waals surface area contributed by atoms with Crippen LogP contribution in [0.4, 0.5) is 0 Å². The van der Waals surface area contributed by atoms with E-state index in [0.717, 1.165) is 6.42 Å². The summed E-state index contributed by atoms with van der Waals surface area (Å²) in [5.74, 6) is 0.405. The maximum absolute atomic E-state index is 5.60. The van der Waals surface area contributed by atoms with Crippen molar-refractivity contribution in [2.75, 3.05) is 13.9 Å². The number of methoxy groups -OCH3 is 1. The Balaban J connectivity index is 3.77. The molecule has 2 heteroatoms. The summed E-state index contributed by atoms with van der Waals surface area (Å²) in [6, 6.07) is 0. The Bertz CT molecular complexity index is 134. The minimum Gasteiger partial charge on any atom is -0.359 e. The number of unbranched alkanes of at least 4 members (excludes halogenated alkanes) is 2. The minimum absolute atomic E-state index is 0.263. The van der Waals surface area contributed by atoms with Gasteiger partial charge in [0.25, 0.3) is 0 Å². The zero-order valence-corrected chi connectivity index (χ0v) is 9.79. The van der Waals surface area contributed by atoms with Crippen molar-refractivity contribution in [3.05, 3.63) is 12.7 Å². The van der Waals surface area contributed by atoms with Gasteiger partial charge in [-0.2, -0.15) is 0 Å². The molecular formula is C12H24O2. The Kier molecular flexibility index (Phi) is 9.00. The van der Waals surface area contributed by atoms with Crippen molar-refractivity contribution in [1.29, 1.82) is 0 Å². The number of ether oxygens (including phenoxy) is 2. The molecule has 0 saturated heterocycles. The molecule has 0 radical (unpaired) electrons. The van der Waals surface area contributed by atoms with Crippen LogP contribution in [0.1, 0.15) is 39.5 Å². The average molecular weight is 200 g/mol. The molecule has 0 aromatic heterocycles. The highest BCUT2D eigenvalue weighted by atomic mass is 16.7. The van der Waals surface area contributed by atoms with Gasteiger partial charge in [-0.15, -0.1) is 6.58 Å². The van der Waals surface area contributed by atoms with Crippen LogP contribution in [0.2, 0.25) is 0 Å². The van der Waals surface area contributed by atoms with Crippen LogP contribution < -0.4 is 0 Å². The molecule has 0 aliphatic heterocycles. The fourth-order valence-electron chi connectivity index (χ4n) is 1.40. The molecule has 0 bridgehead atoms. The Labute approximate surface area is 88.3 Å². The van der Waals surface area contributed by atoms with E-state index in [-0.39, 0.29) is 6.10 Å². The van der Waals surface area contributed by atoms with Crippen LogP contribution in [0.5, 0.6) is 0 Å². The molecule has 0 rings (SSSR count). The van der Waals surface area contributed by atoms with E-state index in [1.54, 1.807) is 7.11 Å². The number of hydrogen-bond donors (Lipinski definition) is 0. The molecule has 0 amide bonds. The van der Waals surface area contributed by atoms with Crippen molar-refractivity contribution in [3.8, 4) is 0 Å². The third-order valence-corrected chi connectivity index (χ3v) is 2.45. The van der Waals surface area contributed by atoms with E-state index < -0.39 is 0 Å². The summed E-state index contributed by atoms with van der Waals surface area (Å²) in [6.07, 6.45) is 7.06. The summed E-state index contributed by atoms with van der Waals surface area (Å²) in [7, 11) is 1.65. The lowest BCUT2D eigenvalue weighted by atomic mass is 9.99. The van der Waals surface area contributed by atoms with Crippen molar-refractivity contribution in [2.24, 2.45) is 5.92 Å². The van der Waals surface area contributed by atoms with Crippen LogP contribution in [0.3, 0.4) is 0 Å². The molecule has 2 nitrogen and oxygen atoms in total. The van der Waals surface area contributed by atoms with Gasteiger partial charge in [-0.1, -0.05) is 39.2 Å². The van der Waals surface area contributed by atoms with E-state index in [4.69, 9.17) is 9.47 Å². The minimum atomic E-state index is 0.263. The van der Waals surface area contributed by atoms with Crippen LogP contribution in [-0.2, 0) is 9.47 Å². The van der Waals surface area contributed by atoms with Gasteiger partial charge in [0.05, 0.1) is 6.10 Å². The zero-order chi connectivity index (χ0) is 10.8. The predicted molar refractivity (Wildman–Crippen MR) is 60.3 cm³/mol. The molecule has 0 aromatic rings. The lowest BCUT2D eigenvalue weighted by Gasteiger charge is -2.21. The van der Waals surface area contributed by atoms with E-state index in [1.807, 2.05) is 6.08 Å². The summed E-state index contributed by atoms with van der Waals surface area (Å²) >= 11 is 0. The Morgan fingerprint density at radius 1 is 1.36 bits per heavy atom. The monoisotopic (exact) mass is 200 g/mol. The Morgan fingerprint density at radius 3 is 2.57 bits per heavy atom. The molecular weight excluding hydrogens is 176 g/mol. The second kappa shape index (κ2) is 9.22. The number of rotatable bonds is 9. The molecule has 0 aliphatic rings. The first kappa shape index (κ1) is 13.7. The first-order chi connectivity index (χ1) is 6.76. The van der Waals surface area contributed by atoms with Crippen LogP contribution >= 0.6 is 0 Å². The highest BCUT2D eigenvalue weighted by Gasteiger charge is 2.14. The van der Waals surface area contributed by atoms with Gasteiger partial charge in [-0.3, -0.25) is 0 Å². The van der Waals surface area contributed by atoms with E-state index >= 15 is 0 Å². The topological polar surface area (TPSA) is 18.5 Å². The first-order valence-electron chi connectivity index (χ1n) is 5.49. The summed E-state index contributed by atoms with van der Waals surface area (Å²) < 4.78 is 10.5. The second-order valence-electron chi connectivity index (χ2n) is 3.70. The molecule has 84 valence electrons. The van der Waals surface area contributed by atoms with Crippen molar-refractivity contribution >= 4 is 0 Å². The molecule has 0 spiro atoms. The fraction of sp³-hybridized carbons (Fsp3) is 0.833. The molecule has 0 aromatic carbocycles. The van der Waals surface area contributed by atoms with Gasteiger partial charge < -0.3 is 9.47 Å². The van der Waals surface area contributed by atoms with Crippen molar-refractivity contribution in [1.82, 2.24) is 0 Å². The molecule has 0 heterocycles. The molecule has 0 fully saturated rings. The van der Waals surface area contributed by atoms with Crippen molar-refractivity contribution < 1.29 is 9.47 Å². The maximum Gasteiger partial charge on any atom is 0.146 e. The molecule has 0 N–H and O–H groups in total. The molecule has 14 heavy (non-hydrogen) atoms. The highest BCUT2D eigenvalue weighted by molar-refractivity contribution is 4.81. The maximum atomic E-state index is 5.60. The quantitative estimate of drug-likeness (QED) is 0.323. The van der Waals surface area contributed by atoms with Crippen molar-refractivity contribution in [3.63, 3.8) is 0 Å². The fourth-order valence-corrected chi connectivity index (χ4v) is 1.40. The number of hydrogen-bond acceptors (Lipinski definition) is 2. The summed E-state index contributed by atoms with van der Waals surface area (Å²) in [4.78, 5) is 0. The van der Waals surface area contributed by atoms with Crippen LogP contribution in [0, 0.1) is 5.92 Å². The van der Waals surface area contributed by atoms with Gasteiger partial charge in [0.1, 0.15) is 6.79 Å².